The predicted octanol–water partition coefficient (Wildman–Crippen LogP) is 1.98. The van der Waals surface area contributed by atoms with Crippen LogP contribution in [0.4, 0.5) is 11.4 Å². The van der Waals surface area contributed by atoms with Crippen molar-refractivity contribution < 1.29 is 19.2 Å². The average molecular weight is 475 g/mol. The van der Waals surface area contributed by atoms with Crippen molar-refractivity contribution in [1.29, 1.82) is 0 Å². The quantitative estimate of drug-likeness (QED) is 0.595. The molecule has 1 aliphatic rings. The molecule has 11 heteroatoms. The van der Waals surface area contributed by atoms with Gasteiger partial charge in [-0.05, 0) is 52.0 Å². The summed E-state index contributed by atoms with van der Waals surface area (Å²) in [7, 11) is 0. The molecular formula is C22H27ClN6O4. The van der Waals surface area contributed by atoms with E-state index in [1.165, 1.54) is 15.9 Å². The minimum absolute atomic E-state index is 0.238. The molecule has 2 heterocycles. The van der Waals surface area contributed by atoms with Crippen LogP contribution in [0, 0.1) is 13.8 Å². The van der Waals surface area contributed by atoms with Gasteiger partial charge in [-0.25, -0.2) is 0 Å². The van der Waals surface area contributed by atoms with Crippen molar-refractivity contribution >= 4 is 46.6 Å². The van der Waals surface area contributed by atoms with Crippen molar-refractivity contribution in [2.45, 2.75) is 33.7 Å². The van der Waals surface area contributed by atoms with Crippen LogP contribution in [0.2, 0.25) is 5.02 Å². The summed E-state index contributed by atoms with van der Waals surface area (Å²) < 4.78 is 1.64. The number of benzene rings is 1. The number of rotatable bonds is 7. The van der Waals surface area contributed by atoms with Crippen LogP contribution in [0.3, 0.4) is 0 Å². The second-order valence-corrected chi connectivity index (χ2v) is 8.30. The molecule has 1 aromatic carbocycles. The lowest BCUT2D eigenvalue weighted by molar-refractivity contribution is -0.156. The Kier molecular flexibility index (Phi) is 7.37. The van der Waals surface area contributed by atoms with E-state index in [2.05, 4.69) is 15.7 Å². The Bertz CT molecular complexity index is 1100. The Hall–Kier alpha value is -3.40. The first-order chi connectivity index (χ1) is 15.6. The lowest BCUT2D eigenvalue weighted by Gasteiger charge is -2.32. The van der Waals surface area contributed by atoms with E-state index in [0.29, 0.717) is 31.0 Å². The van der Waals surface area contributed by atoms with Crippen LogP contribution in [0.5, 0.6) is 0 Å². The highest BCUT2D eigenvalue weighted by Crippen LogP contribution is 2.26. The molecule has 1 fully saturated rings. The van der Waals surface area contributed by atoms with Crippen LogP contribution in [0.25, 0.3) is 0 Å². The topological polar surface area (TPSA) is 117 Å². The summed E-state index contributed by atoms with van der Waals surface area (Å²) in [5.74, 6) is -2.03. The minimum Gasteiger partial charge on any atom is -0.333 e. The molecule has 1 atom stereocenters. The molecule has 1 aromatic heterocycles. The number of carbonyl (C=O) groups is 4. The van der Waals surface area contributed by atoms with Crippen molar-refractivity contribution in [3.05, 3.63) is 40.7 Å². The summed E-state index contributed by atoms with van der Waals surface area (Å²) in [4.78, 5) is 51.8. The Balaban J connectivity index is 1.59. The van der Waals surface area contributed by atoms with E-state index in [1.54, 1.807) is 30.7 Å². The number of halogens is 1. The Morgan fingerprint density at radius 2 is 1.76 bits per heavy atom. The maximum atomic E-state index is 12.6. The van der Waals surface area contributed by atoms with Crippen molar-refractivity contribution in [1.82, 2.24) is 19.6 Å². The minimum atomic E-state index is -0.689. The first-order valence-corrected chi connectivity index (χ1v) is 11.0. The lowest BCUT2D eigenvalue weighted by atomic mass is 10.2. The molecule has 0 aliphatic carbocycles. The smallest absolute Gasteiger partial charge is 0.312 e. The third-order valence-electron chi connectivity index (χ3n) is 5.42. The summed E-state index contributed by atoms with van der Waals surface area (Å²) in [6, 6.07) is 6.03. The second kappa shape index (κ2) is 10.0. The number of piperazine rings is 1. The van der Waals surface area contributed by atoms with Crippen molar-refractivity contribution in [3.63, 3.8) is 0 Å². The average Bonchev–Trinajstić information content (AvgIpc) is 3.10. The molecule has 33 heavy (non-hydrogen) atoms. The third-order valence-corrected chi connectivity index (χ3v) is 5.73. The molecule has 0 radical (unpaired) electrons. The van der Waals surface area contributed by atoms with Crippen LogP contribution in [-0.4, -0.2) is 69.4 Å². The molecule has 176 valence electrons. The number of hydrogen-bond donors (Lipinski definition) is 2. The van der Waals surface area contributed by atoms with Gasteiger partial charge in [0.25, 0.3) is 0 Å². The van der Waals surface area contributed by atoms with Gasteiger partial charge in [-0.2, -0.15) is 5.10 Å². The van der Waals surface area contributed by atoms with Gasteiger partial charge in [-0.3, -0.25) is 23.9 Å². The number of anilines is 2. The van der Waals surface area contributed by atoms with Crippen molar-refractivity contribution in [2.24, 2.45) is 0 Å². The summed E-state index contributed by atoms with van der Waals surface area (Å²) in [5, 5.41) is 10.0. The van der Waals surface area contributed by atoms with Gasteiger partial charge in [-0.15, -0.1) is 0 Å². The number of aryl methyl sites for hydroxylation is 2. The summed E-state index contributed by atoms with van der Waals surface area (Å²) in [6.07, 6.45) is 0. The number of nitrogens with one attached hydrogen (secondary N) is 2. The largest absolute Gasteiger partial charge is 0.333 e. The number of aromatic nitrogens is 2. The molecule has 1 saturated heterocycles. The number of hydrogen-bond acceptors (Lipinski definition) is 5. The molecule has 2 aromatic rings. The van der Waals surface area contributed by atoms with E-state index in [1.807, 2.05) is 19.9 Å². The normalized spacial score (nSPS) is 14.9. The molecule has 1 aliphatic heterocycles. The van der Waals surface area contributed by atoms with Gasteiger partial charge < -0.3 is 20.4 Å². The highest BCUT2D eigenvalue weighted by atomic mass is 35.5. The summed E-state index contributed by atoms with van der Waals surface area (Å²) in [6.45, 7) is 8.17. The fraction of sp³-hybridized carbons (Fsp3) is 0.409. The highest BCUT2D eigenvalue weighted by Gasteiger charge is 2.32. The number of carbonyl (C=O) groups excluding carboxylic acids is 4. The fourth-order valence-corrected chi connectivity index (χ4v) is 3.85. The summed E-state index contributed by atoms with van der Waals surface area (Å²) >= 11 is 6.31. The lowest BCUT2D eigenvalue weighted by Crippen LogP contribution is -2.55. The molecule has 10 nitrogen and oxygen atoms in total. The molecule has 1 unspecified atom stereocenters. The Morgan fingerprint density at radius 3 is 2.36 bits per heavy atom. The van der Waals surface area contributed by atoms with Crippen LogP contribution in [-0.2, 0) is 19.2 Å². The van der Waals surface area contributed by atoms with Crippen LogP contribution >= 0.6 is 11.6 Å². The maximum absolute atomic E-state index is 12.6. The third kappa shape index (κ3) is 5.51. The SMILES string of the molecule is CCN1CCN(CC(=O)Nc2ccc(NC(=O)C(C)n3nc(C)cc3C)c(Cl)c2)C(=O)C1=O. The molecule has 0 saturated carbocycles. The highest BCUT2D eigenvalue weighted by molar-refractivity contribution is 6.36. The maximum Gasteiger partial charge on any atom is 0.312 e. The van der Waals surface area contributed by atoms with Crippen LogP contribution in [0.15, 0.2) is 24.3 Å². The second-order valence-electron chi connectivity index (χ2n) is 7.89. The molecule has 0 bridgehead atoms. The zero-order valence-electron chi connectivity index (χ0n) is 19.0. The Labute approximate surface area is 196 Å². The monoisotopic (exact) mass is 474 g/mol. The first-order valence-electron chi connectivity index (χ1n) is 10.6. The molecular weight excluding hydrogens is 448 g/mol. The van der Waals surface area contributed by atoms with E-state index >= 15 is 0 Å². The van der Waals surface area contributed by atoms with E-state index < -0.39 is 23.8 Å². The van der Waals surface area contributed by atoms with Crippen molar-refractivity contribution in [2.75, 3.05) is 36.8 Å². The van der Waals surface area contributed by atoms with Gasteiger partial charge in [-0.1, -0.05) is 11.6 Å². The van der Waals surface area contributed by atoms with Crippen LogP contribution in [0.1, 0.15) is 31.3 Å². The van der Waals surface area contributed by atoms with E-state index in [4.69, 9.17) is 11.6 Å². The van der Waals surface area contributed by atoms with Gasteiger partial charge >= 0.3 is 11.8 Å². The van der Waals surface area contributed by atoms with Gasteiger partial charge in [0.2, 0.25) is 11.8 Å². The van der Waals surface area contributed by atoms with E-state index in [-0.39, 0.29) is 17.5 Å². The Morgan fingerprint density at radius 1 is 1.09 bits per heavy atom. The van der Waals surface area contributed by atoms with E-state index in [0.717, 1.165) is 11.4 Å². The number of likely N-dealkylation sites (N-methyl/N-ethyl adjacent to an activating group) is 1. The molecule has 0 spiro atoms. The molecule has 3 rings (SSSR count). The zero-order chi connectivity index (χ0) is 24.3. The zero-order valence-corrected chi connectivity index (χ0v) is 19.8. The number of nitrogens with zero attached hydrogens (tertiary/aromatic N) is 4. The van der Waals surface area contributed by atoms with Gasteiger partial charge in [0.15, 0.2) is 0 Å². The van der Waals surface area contributed by atoms with Gasteiger partial charge in [0, 0.05) is 31.0 Å². The predicted molar refractivity (Wildman–Crippen MR) is 124 cm³/mol. The molecule has 4 amide bonds. The van der Waals surface area contributed by atoms with Gasteiger partial charge in [0.1, 0.15) is 12.6 Å². The van der Waals surface area contributed by atoms with Gasteiger partial charge in [0.05, 0.1) is 16.4 Å². The standard InChI is InChI=1S/C22H27ClN6O4/c1-5-27-8-9-28(22(33)21(27)32)12-19(30)24-16-6-7-18(17(23)11-16)25-20(31)15(4)29-14(3)10-13(2)26-29/h6-7,10-11,15H,5,8-9,12H2,1-4H3,(H,24,30)(H,25,31). The fourth-order valence-electron chi connectivity index (χ4n) is 3.62. The molecule has 2 N–H and O–H groups in total. The number of amides is 4. The van der Waals surface area contributed by atoms with E-state index in [9.17, 15) is 19.2 Å². The first kappa shape index (κ1) is 24.2. The van der Waals surface area contributed by atoms with Crippen LogP contribution < -0.4 is 10.6 Å². The van der Waals surface area contributed by atoms with Crippen molar-refractivity contribution in [3.8, 4) is 0 Å². The summed E-state index contributed by atoms with van der Waals surface area (Å²) in [5.41, 5.74) is 2.49.